The normalized spacial score (nSPS) is 14.9. The highest BCUT2D eigenvalue weighted by atomic mass is 16.5. The molecule has 0 aromatic rings. The zero-order valence-electron chi connectivity index (χ0n) is 10.1. The summed E-state index contributed by atoms with van der Waals surface area (Å²) in [5.41, 5.74) is 0. The Kier molecular flexibility index (Phi) is 7.14. The second-order valence-electron chi connectivity index (χ2n) is 4.25. The van der Waals surface area contributed by atoms with Crippen LogP contribution in [0.4, 0.5) is 0 Å². The summed E-state index contributed by atoms with van der Waals surface area (Å²) in [5, 5.41) is 3.21. The average Bonchev–Trinajstić information content (AvgIpc) is 2.75. The molecular weight excluding hydrogens is 186 g/mol. The predicted octanol–water partition coefficient (Wildman–Crippen LogP) is 3.59. The third-order valence-electron chi connectivity index (χ3n) is 2.78. The first-order chi connectivity index (χ1) is 7.43. The van der Waals surface area contributed by atoms with Gasteiger partial charge in [0.05, 0.1) is 6.61 Å². The van der Waals surface area contributed by atoms with Gasteiger partial charge in [-0.3, -0.25) is 0 Å². The molecular formula is C13H25NO. The Hall–Kier alpha value is -0.660. The molecule has 0 aliphatic carbocycles. The number of ether oxygens (including phenoxy) is 1. The van der Waals surface area contributed by atoms with Crippen molar-refractivity contribution in [2.75, 3.05) is 13.2 Å². The summed E-state index contributed by atoms with van der Waals surface area (Å²) < 4.78 is 5.58. The molecule has 1 aliphatic heterocycles. The first-order valence-corrected chi connectivity index (χ1v) is 6.50. The molecule has 0 aromatic heterocycles. The summed E-state index contributed by atoms with van der Waals surface area (Å²) in [7, 11) is 0. The second kappa shape index (κ2) is 8.63. The van der Waals surface area contributed by atoms with Gasteiger partial charge in [0.2, 0.25) is 0 Å². The highest BCUT2D eigenvalue weighted by Gasteiger charge is 2.02. The van der Waals surface area contributed by atoms with Gasteiger partial charge in [0.1, 0.15) is 0 Å². The van der Waals surface area contributed by atoms with Crippen molar-refractivity contribution in [1.82, 2.24) is 5.32 Å². The lowest BCUT2D eigenvalue weighted by molar-refractivity contribution is 0.190. The lowest BCUT2D eigenvalue weighted by atomic mass is 10.1. The summed E-state index contributed by atoms with van der Waals surface area (Å²) in [6, 6.07) is 0. The molecule has 0 bridgehead atoms. The first-order valence-electron chi connectivity index (χ1n) is 6.50. The Morgan fingerprint density at radius 2 is 1.87 bits per heavy atom. The van der Waals surface area contributed by atoms with Gasteiger partial charge in [0.15, 0.2) is 5.88 Å². The molecule has 15 heavy (non-hydrogen) atoms. The smallest absolute Gasteiger partial charge is 0.182 e. The predicted molar refractivity (Wildman–Crippen MR) is 64.6 cm³/mol. The van der Waals surface area contributed by atoms with Gasteiger partial charge in [-0.05, 0) is 18.9 Å². The Bertz CT molecular complexity index is 177. The summed E-state index contributed by atoms with van der Waals surface area (Å²) in [5.74, 6) is 1.00. The fraction of sp³-hybridized carbons (Fsp3) is 0.846. The van der Waals surface area contributed by atoms with E-state index in [1.54, 1.807) is 0 Å². The molecule has 1 heterocycles. The van der Waals surface area contributed by atoms with Crippen LogP contribution in [-0.4, -0.2) is 13.2 Å². The van der Waals surface area contributed by atoms with Crippen LogP contribution >= 0.6 is 0 Å². The van der Waals surface area contributed by atoms with Gasteiger partial charge in [-0.25, -0.2) is 0 Å². The largest absolute Gasteiger partial charge is 0.479 e. The van der Waals surface area contributed by atoms with Gasteiger partial charge < -0.3 is 10.1 Å². The van der Waals surface area contributed by atoms with Crippen molar-refractivity contribution in [1.29, 1.82) is 0 Å². The van der Waals surface area contributed by atoms with Crippen LogP contribution in [0.15, 0.2) is 12.0 Å². The van der Waals surface area contributed by atoms with Crippen LogP contribution < -0.4 is 5.32 Å². The van der Waals surface area contributed by atoms with Crippen LogP contribution in [0.25, 0.3) is 0 Å². The summed E-state index contributed by atoms with van der Waals surface area (Å²) in [6.07, 6.45) is 12.7. The third-order valence-corrected chi connectivity index (χ3v) is 2.78. The van der Waals surface area contributed by atoms with Crippen molar-refractivity contribution in [3.8, 4) is 0 Å². The van der Waals surface area contributed by atoms with E-state index in [0.29, 0.717) is 0 Å². The lowest BCUT2D eigenvalue weighted by Gasteiger charge is -2.07. The molecule has 0 aromatic carbocycles. The molecule has 1 aliphatic rings. The minimum Gasteiger partial charge on any atom is -0.479 e. The highest BCUT2D eigenvalue weighted by molar-refractivity contribution is 4.97. The zero-order chi connectivity index (χ0) is 10.8. The fourth-order valence-corrected chi connectivity index (χ4v) is 1.82. The van der Waals surface area contributed by atoms with Crippen molar-refractivity contribution in [3.63, 3.8) is 0 Å². The molecule has 0 amide bonds. The molecule has 1 N–H and O–H groups in total. The van der Waals surface area contributed by atoms with Crippen LogP contribution in [0.5, 0.6) is 0 Å². The maximum atomic E-state index is 5.58. The van der Waals surface area contributed by atoms with Crippen LogP contribution in [0, 0.1) is 0 Å². The van der Waals surface area contributed by atoms with E-state index in [2.05, 4.69) is 18.3 Å². The van der Waals surface area contributed by atoms with Gasteiger partial charge in [-0.2, -0.15) is 0 Å². The lowest BCUT2D eigenvalue weighted by Crippen LogP contribution is -2.10. The molecule has 0 saturated heterocycles. The van der Waals surface area contributed by atoms with E-state index in [4.69, 9.17) is 4.74 Å². The molecule has 2 nitrogen and oxygen atoms in total. The number of nitrogens with one attached hydrogen (secondary N) is 1. The van der Waals surface area contributed by atoms with Crippen molar-refractivity contribution >= 4 is 0 Å². The van der Waals surface area contributed by atoms with Gasteiger partial charge in [0.25, 0.3) is 0 Å². The average molecular weight is 211 g/mol. The topological polar surface area (TPSA) is 21.3 Å². The van der Waals surface area contributed by atoms with E-state index in [-0.39, 0.29) is 0 Å². The molecule has 0 unspecified atom stereocenters. The Morgan fingerprint density at radius 1 is 1.13 bits per heavy atom. The van der Waals surface area contributed by atoms with E-state index in [1.165, 1.54) is 44.9 Å². The van der Waals surface area contributed by atoms with Gasteiger partial charge >= 0.3 is 0 Å². The van der Waals surface area contributed by atoms with Crippen molar-refractivity contribution in [3.05, 3.63) is 12.0 Å². The standard InChI is InChI=1S/C13H25NO/c1-2-3-4-5-6-7-8-12-15-13-10-9-11-14-13/h10,14H,2-9,11-12H2,1H3. The fourth-order valence-electron chi connectivity index (χ4n) is 1.82. The number of hydrogen-bond donors (Lipinski definition) is 1. The van der Waals surface area contributed by atoms with E-state index in [9.17, 15) is 0 Å². The van der Waals surface area contributed by atoms with E-state index in [0.717, 1.165) is 25.5 Å². The van der Waals surface area contributed by atoms with Crippen LogP contribution in [0.1, 0.15) is 58.3 Å². The van der Waals surface area contributed by atoms with Crippen LogP contribution in [0.3, 0.4) is 0 Å². The van der Waals surface area contributed by atoms with Crippen molar-refractivity contribution < 1.29 is 4.74 Å². The van der Waals surface area contributed by atoms with Gasteiger partial charge in [-0.1, -0.05) is 45.4 Å². The van der Waals surface area contributed by atoms with Gasteiger partial charge in [-0.15, -0.1) is 0 Å². The molecule has 0 fully saturated rings. The van der Waals surface area contributed by atoms with E-state index < -0.39 is 0 Å². The first kappa shape index (κ1) is 12.4. The van der Waals surface area contributed by atoms with Crippen molar-refractivity contribution in [2.45, 2.75) is 58.3 Å². The Morgan fingerprint density at radius 3 is 2.53 bits per heavy atom. The molecule has 88 valence electrons. The van der Waals surface area contributed by atoms with E-state index in [1.807, 2.05) is 0 Å². The monoisotopic (exact) mass is 211 g/mol. The Balaban J connectivity index is 1.77. The molecule has 1 rings (SSSR count). The summed E-state index contributed by atoms with van der Waals surface area (Å²) in [6.45, 7) is 4.19. The molecule has 2 heteroatoms. The quantitative estimate of drug-likeness (QED) is 0.588. The molecule has 0 radical (unpaired) electrons. The highest BCUT2D eigenvalue weighted by Crippen LogP contribution is 2.08. The SMILES string of the molecule is CCCCCCCCCOC1=CCCN1. The number of unbranched alkanes of at least 4 members (excludes halogenated alkanes) is 6. The second-order valence-corrected chi connectivity index (χ2v) is 4.25. The number of rotatable bonds is 9. The molecule has 0 spiro atoms. The number of hydrogen-bond acceptors (Lipinski definition) is 2. The molecule has 0 atom stereocenters. The van der Waals surface area contributed by atoms with Crippen LogP contribution in [-0.2, 0) is 4.74 Å². The minimum atomic E-state index is 0.882. The molecule has 0 saturated carbocycles. The van der Waals surface area contributed by atoms with E-state index >= 15 is 0 Å². The minimum absolute atomic E-state index is 0.882. The maximum absolute atomic E-state index is 5.58. The summed E-state index contributed by atoms with van der Waals surface area (Å²) in [4.78, 5) is 0. The summed E-state index contributed by atoms with van der Waals surface area (Å²) >= 11 is 0. The Labute approximate surface area is 94.1 Å². The van der Waals surface area contributed by atoms with Crippen molar-refractivity contribution in [2.24, 2.45) is 0 Å². The third kappa shape index (κ3) is 6.43. The van der Waals surface area contributed by atoms with Gasteiger partial charge in [0, 0.05) is 6.54 Å². The maximum Gasteiger partial charge on any atom is 0.182 e. The zero-order valence-corrected chi connectivity index (χ0v) is 10.1. The van der Waals surface area contributed by atoms with Crippen LogP contribution in [0.2, 0.25) is 0 Å².